The Labute approximate surface area is 211 Å². The van der Waals surface area contributed by atoms with Crippen LogP contribution in [0.2, 0.25) is 0 Å². The number of carbonyl (C=O) groups is 2. The normalized spacial score (nSPS) is 16.9. The molecule has 0 saturated carbocycles. The third-order valence-electron chi connectivity index (χ3n) is 6.50. The van der Waals surface area contributed by atoms with Crippen molar-refractivity contribution in [1.82, 2.24) is 0 Å². The Hall–Kier alpha value is -4.06. The Kier molecular flexibility index (Phi) is 7.15. The number of aliphatic hydroxyl groups is 1. The molecule has 1 aliphatic heterocycles. The SMILES string of the molecule is CCOc1cc(C2/C(=C(\O)c3ccc(CC)cc3)C(=O)C(=O)N2c2ccc(C)cc2C)ccc1OC. The highest BCUT2D eigenvalue weighted by Crippen LogP contribution is 2.45. The maximum Gasteiger partial charge on any atom is 0.300 e. The highest BCUT2D eigenvalue weighted by Gasteiger charge is 2.47. The number of carbonyl (C=O) groups excluding carboxylic acids is 2. The van der Waals surface area contributed by atoms with Crippen molar-refractivity contribution in [3.05, 3.63) is 94.1 Å². The first kappa shape index (κ1) is 25.0. The lowest BCUT2D eigenvalue weighted by Gasteiger charge is -2.27. The van der Waals surface area contributed by atoms with Crippen LogP contribution in [0, 0.1) is 13.8 Å². The van der Waals surface area contributed by atoms with Crippen LogP contribution in [-0.4, -0.2) is 30.5 Å². The van der Waals surface area contributed by atoms with E-state index in [0.717, 1.165) is 23.1 Å². The first-order valence-corrected chi connectivity index (χ1v) is 12.1. The predicted octanol–water partition coefficient (Wildman–Crippen LogP) is 5.90. The van der Waals surface area contributed by atoms with Gasteiger partial charge in [0.15, 0.2) is 11.5 Å². The van der Waals surface area contributed by atoms with E-state index in [1.807, 2.05) is 58.0 Å². The Morgan fingerprint density at radius 2 is 1.67 bits per heavy atom. The van der Waals surface area contributed by atoms with E-state index in [0.29, 0.717) is 34.9 Å². The summed E-state index contributed by atoms with van der Waals surface area (Å²) in [4.78, 5) is 28.4. The summed E-state index contributed by atoms with van der Waals surface area (Å²) < 4.78 is 11.2. The van der Waals surface area contributed by atoms with Crippen LogP contribution < -0.4 is 14.4 Å². The minimum atomic E-state index is -0.845. The monoisotopic (exact) mass is 485 g/mol. The molecule has 1 aliphatic rings. The number of Topliss-reactive ketones (excluding diaryl/α,β-unsaturated/α-hetero) is 1. The fourth-order valence-electron chi connectivity index (χ4n) is 4.66. The number of amides is 1. The summed E-state index contributed by atoms with van der Waals surface area (Å²) in [6.07, 6.45) is 0.851. The molecule has 0 aliphatic carbocycles. The average molecular weight is 486 g/mol. The van der Waals surface area contributed by atoms with Gasteiger partial charge in [-0.1, -0.05) is 55.0 Å². The van der Waals surface area contributed by atoms with Gasteiger partial charge in [0.25, 0.3) is 11.7 Å². The van der Waals surface area contributed by atoms with Gasteiger partial charge < -0.3 is 14.6 Å². The van der Waals surface area contributed by atoms with E-state index >= 15 is 0 Å². The van der Waals surface area contributed by atoms with Crippen molar-refractivity contribution in [2.45, 2.75) is 40.2 Å². The van der Waals surface area contributed by atoms with E-state index in [4.69, 9.17) is 9.47 Å². The number of nitrogens with zero attached hydrogens (tertiary/aromatic N) is 1. The van der Waals surface area contributed by atoms with Crippen molar-refractivity contribution in [3.8, 4) is 11.5 Å². The summed E-state index contributed by atoms with van der Waals surface area (Å²) in [7, 11) is 1.55. The average Bonchev–Trinajstić information content (AvgIpc) is 3.14. The zero-order chi connectivity index (χ0) is 26.0. The lowest BCUT2D eigenvalue weighted by Crippen LogP contribution is -2.30. The van der Waals surface area contributed by atoms with Crippen LogP contribution in [0.4, 0.5) is 5.69 Å². The maximum absolute atomic E-state index is 13.5. The van der Waals surface area contributed by atoms with Gasteiger partial charge in [0, 0.05) is 11.3 Å². The van der Waals surface area contributed by atoms with Gasteiger partial charge in [-0.15, -0.1) is 0 Å². The van der Waals surface area contributed by atoms with Crippen LogP contribution in [0.1, 0.15) is 47.7 Å². The number of hydrogen-bond acceptors (Lipinski definition) is 5. The fourth-order valence-corrected chi connectivity index (χ4v) is 4.66. The van der Waals surface area contributed by atoms with Gasteiger partial charge in [-0.25, -0.2) is 0 Å². The zero-order valence-electron chi connectivity index (χ0n) is 21.3. The standard InChI is InChI=1S/C30H31NO5/c1-6-20-9-11-21(12-10-20)28(32)26-27(22-13-15-24(35-5)25(17-22)36-7-2)31(30(34)29(26)33)23-14-8-18(3)16-19(23)4/h8-17,27,32H,6-7H2,1-5H3/b28-26+. The van der Waals surface area contributed by atoms with Crippen LogP contribution in [-0.2, 0) is 16.0 Å². The lowest BCUT2D eigenvalue weighted by molar-refractivity contribution is -0.132. The van der Waals surface area contributed by atoms with Gasteiger partial charge in [-0.05, 0) is 62.1 Å². The van der Waals surface area contributed by atoms with Gasteiger partial charge in [0.1, 0.15) is 5.76 Å². The molecule has 6 nitrogen and oxygen atoms in total. The second kappa shape index (κ2) is 10.3. The fraction of sp³-hybridized carbons (Fsp3) is 0.267. The highest BCUT2D eigenvalue weighted by atomic mass is 16.5. The molecule has 0 aromatic heterocycles. The quantitative estimate of drug-likeness (QED) is 0.256. The Balaban J connectivity index is 1.97. The van der Waals surface area contributed by atoms with E-state index in [9.17, 15) is 14.7 Å². The molecule has 36 heavy (non-hydrogen) atoms. The van der Waals surface area contributed by atoms with E-state index < -0.39 is 17.7 Å². The smallest absolute Gasteiger partial charge is 0.300 e. The number of hydrogen-bond donors (Lipinski definition) is 1. The summed E-state index contributed by atoms with van der Waals surface area (Å²) in [6, 6.07) is 17.5. The lowest BCUT2D eigenvalue weighted by atomic mass is 9.94. The minimum absolute atomic E-state index is 0.0387. The van der Waals surface area contributed by atoms with Crippen molar-refractivity contribution in [2.75, 3.05) is 18.6 Å². The molecule has 1 amide bonds. The number of aliphatic hydroxyl groups excluding tert-OH is 1. The zero-order valence-corrected chi connectivity index (χ0v) is 21.3. The van der Waals surface area contributed by atoms with E-state index in [1.165, 1.54) is 4.90 Å². The summed E-state index contributed by atoms with van der Waals surface area (Å²) >= 11 is 0. The molecule has 0 bridgehead atoms. The van der Waals surface area contributed by atoms with Crippen LogP contribution in [0.25, 0.3) is 5.76 Å². The van der Waals surface area contributed by atoms with Gasteiger partial charge in [-0.3, -0.25) is 14.5 Å². The molecule has 1 saturated heterocycles. The molecule has 4 rings (SSSR count). The second-order valence-corrected chi connectivity index (χ2v) is 8.85. The van der Waals surface area contributed by atoms with Crippen molar-refractivity contribution < 1.29 is 24.2 Å². The van der Waals surface area contributed by atoms with Gasteiger partial charge in [0.05, 0.1) is 25.3 Å². The summed E-state index contributed by atoms with van der Waals surface area (Å²) in [6.45, 7) is 8.21. The molecule has 6 heteroatoms. The number of aryl methyl sites for hydroxylation is 3. The molecular weight excluding hydrogens is 454 g/mol. The van der Waals surface area contributed by atoms with Gasteiger partial charge in [-0.2, -0.15) is 0 Å². The summed E-state index contributed by atoms with van der Waals surface area (Å²) in [5.41, 5.74) is 4.77. The predicted molar refractivity (Wildman–Crippen MR) is 141 cm³/mol. The Morgan fingerprint density at radius 1 is 0.944 bits per heavy atom. The van der Waals surface area contributed by atoms with E-state index in [1.54, 1.807) is 37.4 Å². The number of rotatable bonds is 7. The van der Waals surface area contributed by atoms with Crippen molar-refractivity contribution in [2.24, 2.45) is 0 Å². The van der Waals surface area contributed by atoms with Crippen LogP contribution in [0.3, 0.4) is 0 Å². The highest BCUT2D eigenvalue weighted by molar-refractivity contribution is 6.51. The number of ether oxygens (including phenoxy) is 2. The number of methoxy groups -OCH3 is 1. The topological polar surface area (TPSA) is 76.1 Å². The third-order valence-corrected chi connectivity index (χ3v) is 6.50. The Morgan fingerprint density at radius 3 is 2.28 bits per heavy atom. The molecule has 1 unspecified atom stereocenters. The minimum Gasteiger partial charge on any atom is -0.507 e. The summed E-state index contributed by atoms with van der Waals surface area (Å²) in [5, 5.41) is 11.4. The number of benzene rings is 3. The van der Waals surface area contributed by atoms with Crippen molar-refractivity contribution in [1.29, 1.82) is 0 Å². The largest absolute Gasteiger partial charge is 0.507 e. The molecule has 1 fully saturated rings. The van der Waals surface area contributed by atoms with E-state index in [2.05, 4.69) is 0 Å². The molecule has 0 radical (unpaired) electrons. The first-order valence-electron chi connectivity index (χ1n) is 12.1. The first-order chi connectivity index (χ1) is 17.3. The summed E-state index contributed by atoms with van der Waals surface area (Å²) in [5.74, 6) is -0.587. The molecular formula is C30H31NO5. The van der Waals surface area contributed by atoms with E-state index in [-0.39, 0.29) is 11.3 Å². The van der Waals surface area contributed by atoms with Crippen LogP contribution in [0.15, 0.2) is 66.2 Å². The van der Waals surface area contributed by atoms with Crippen LogP contribution in [0.5, 0.6) is 11.5 Å². The second-order valence-electron chi connectivity index (χ2n) is 8.85. The van der Waals surface area contributed by atoms with Crippen molar-refractivity contribution in [3.63, 3.8) is 0 Å². The van der Waals surface area contributed by atoms with Gasteiger partial charge >= 0.3 is 0 Å². The van der Waals surface area contributed by atoms with Crippen molar-refractivity contribution >= 4 is 23.1 Å². The third kappa shape index (κ3) is 4.47. The molecule has 3 aromatic rings. The molecule has 0 spiro atoms. The molecule has 1 atom stereocenters. The molecule has 3 aromatic carbocycles. The number of ketones is 1. The molecule has 186 valence electrons. The maximum atomic E-state index is 13.5. The van der Waals surface area contributed by atoms with Crippen LogP contribution >= 0.6 is 0 Å². The number of anilines is 1. The van der Waals surface area contributed by atoms with Gasteiger partial charge in [0.2, 0.25) is 0 Å². The molecule has 1 N–H and O–H groups in total. The Bertz CT molecular complexity index is 1340. The molecule has 1 heterocycles.